The van der Waals surface area contributed by atoms with Gasteiger partial charge in [-0.25, -0.2) is 51.6 Å². The van der Waals surface area contributed by atoms with Crippen molar-refractivity contribution in [3.8, 4) is 46.5 Å². The Morgan fingerprint density at radius 1 is 0.564 bits per heavy atom. The van der Waals surface area contributed by atoms with Crippen molar-refractivity contribution in [2.24, 2.45) is 0 Å². The van der Waals surface area contributed by atoms with Gasteiger partial charge in [0.05, 0.1) is 45.0 Å². The molecule has 2 aromatic heterocycles. The van der Waals surface area contributed by atoms with Crippen molar-refractivity contribution in [3.05, 3.63) is 60.7 Å². The van der Waals surface area contributed by atoms with Gasteiger partial charge < -0.3 is 38.1 Å². The van der Waals surface area contributed by atoms with Crippen LogP contribution in [0.4, 0.5) is 13.6 Å². The number of sulfone groups is 2. The van der Waals surface area contributed by atoms with E-state index >= 15 is 0 Å². The topological polar surface area (TPSA) is 276 Å². The molecule has 2 saturated heterocycles. The Balaban J connectivity index is 0.000000183. The fraction of sp³-hybridized carbons (Fsp3) is 0.571. The first-order chi connectivity index (χ1) is 36.8. The molecule has 6 aliphatic rings. The number of nitrogens with zero attached hydrogens (tertiary/aromatic N) is 6. The highest BCUT2D eigenvalue weighted by Gasteiger charge is 2.42. The number of benzene rings is 2. The molecular weight excluding hydrogens is 1130 g/mol. The van der Waals surface area contributed by atoms with Gasteiger partial charge >= 0.3 is 6.09 Å². The first-order valence-electron chi connectivity index (χ1n) is 25.2. The predicted molar refractivity (Wildman–Crippen MR) is 277 cm³/mol. The van der Waals surface area contributed by atoms with Gasteiger partial charge in [0.15, 0.2) is 42.8 Å². The zero-order valence-electron chi connectivity index (χ0n) is 43.4. The minimum atomic E-state index is -3.54. The summed E-state index contributed by atoms with van der Waals surface area (Å²) in [5.41, 5.74) is -0.569. The van der Waals surface area contributed by atoms with Gasteiger partial charge in [-0.1, -0.05) is 0 Å². The van der Waals surface area contributed by atoms with E-state index in [2.05, 4.69) is 19.9 Å². The molecule has 1 amide bonds. The average molecular weight is 1190 g/mol. The molecule has 0 N–H and O–H groups in total. The second kappa shape index (κ2) is 23.7. The molecule has 4 saturated carbocycles. The van der Waals surface area contributed by atoms with Crippen LogP contribution in [-0.2, 0) is 43.5 Å². The Morgan fingerprint density at radius 2 is 0.949 bits per heavy atom. The van der Waals surface area contributed by atoms with E-state index in [0.717, 1.165) is 37.8 Å². The van der Waals surface area contributed by atoms with Gasteiger partial charge in [0.2, 0.25) is 30.6 Å². The lowest BCUT2D eigenvalue weighted by atomic mass is 10.1. The largest absolute Gasteiger partial charge is 0.487 e. The molecule has 0 radical (unpaired) electrons. The number of sulfonamides is 1. The van der Waals surface area contributed by atoms with E-state index in [1.54, 1.807) is 4.90 Å². The third-order valence-electron chi connectivity index (χ3n) is 13.0. The molecule has 10 rings (SSSR count). The number of carbonyl (C=O) groups is 1. The van der Waals surface area contributed by atoms with Crippen molar-refractivity contribution in [3.63, 3.8) is 0 Å². The monoisotopic (exact) mass is 1190 g/mol. The number of ether oxygens (including phenoxy) is 7. The fourth-order valence-electron chi connectivity index (χ4n) is 8.11. The molecular formula is C49H61ClF2N6O16S4. The molecule has 78 heavy (non-hydrogen) atoms. The second-order valence-corrected chi connectivity index (χ2v) is 29.9. The molecule has 6 fully saturated rings. The van der Waals surface area contributed by atoms with Crippen LogP contribution in [0.5, 0.6) is 46.5 Å². The number of piperidine rings is 2. The molecule has 4 aromatic rings. The van der Waals surface area contributed by atoms with E-state index in [-0.39, 0.29) is 85.1 Å². The Hall–Kier alpha value is -5.42. The van der Waals surface area contributed by atoms with Gasteiger partial charge in [0, 0.05) is 49.7 Å². The minimum absolute atomic E-state index is 0.0506. The summed E-state index contributed by atoms with van der Waals surface area (Å²) in [4.78, 5) is 30.0. The SMILES string of the molecule is COc1c(Oc2ccc(S(=O)(=O)C3CC3)cc2F)ncnc1OC1CCN(C(=O)OC(C)(C)C)CC1.COc1c(Oc2ccc(S(=O)(=O)C3CC3)cc2F)ncnc1OC1CCN(S(=O)(=O)C2CC2)CC1.O=S(=O)(Cl)C1CC1. The molecule has 2 aromatic carbocycles. The Bertz CT molecular complexity index is 3290. The maximum absolute atomic E-state index is 14.7. The van der Waals surface area contributed by atoms with Crippen LogP contribution in [0.3, 0.4) is 0 Å². The lowest BCUT2D eigenvalue weighted by Crippen LogP contribution is -2.44. The number of methoxy groups -OCH3 is 2. The third kappa shape index (κ3) is 14.9. The number of aromatic nitrogens is 4. The van der Waals surface area contributed by atoms with Crippen LogP contribution in [0.25, 0.3) is 0 Å². The van der Waals surface area contributed by atoms with E-state index in [1.807, 2.05) is 20.8 Å². The van der Waals surface area contributed by atoms with Crippen molar-refractivity contribution in [2.75, 3.05) is 40.4 Å². The van der Waals surface area contributed by atoms with Crippen LogP contribution < -0.4 is 28.4 Å². The highest BCUT2D eigenvalue weighted by molar-refractivity contribution is 8.14. The quantitative estimate of drug-likeness (QED) is 0.0923. The summed E-state index contributed by atoms with van der Waals surface area (Å²) in [6, 6.07) is 7.00. The molecule has 2 aliphatic heterocycles. The number of amides is 1. The van der Waals surface area contributed by atoms with Crippen molar-refractivity contribution >= 4 is 55.5 Å². The highest BCUT2D eigenvalue weighted by Crippen LogP contribution is 2.42. The van der Waals surface area contributed by atoms with Crippen LogP contribution in [-0.4, -0.2) is 148 Å². The van der Waals surface area contributed by atoms with Gasteiger partial charge in [-0.15, -0.1) is 0 Å². The van der Waals surface area contributed by atoms with Crippen LogP contribution in [0.15, 0.2) is 58.8 Å². The van der Waals surface area contributed by atoms with Gasteiger partial charge in [-0.05, 0) is 121 Å². The summed E-state index contributed by atoms with van der Waals surface area (Å²) in [6.07, 6.45) is 8.85. The highest BCUT2D eigenvalue weighted by atomic mass is 35.7. The Labute approximate surface area is 456 Å². The molecule has 0 spiro atoms. The van der Waals surface area contributed by atoms with Crippen molar-refractivity contribution in [2.45, 2.75) is 146 Å². The summed E-state index contributed by atoms with van der Waals surface area (Å²) in [7, 11) is -5.80. The smallest absolute Gasteiger partial charge is 0.410 e. The third-order valence-corrected chi connectivity index (χ3v) is 21.9. The number of halogens is 3. The van der Waals surface area contributed by atoms with Crippen molar-refractivity contribution < 1.29 is 80.4 Å². The fourth-order valence-corrected chi connectivity index (χ4v) is 14.6. The van der Waals surface area contributed by atoms with Crippen LogP contribution >= 0.6 is 10.7 Å². The minimum Gasteiger partial charge on any atom is -0.487 e. The average Bonchev–Trinajstić information content (AvgIpc) is 4.18. The van der Waals surface area contributed by atoms with Crippen LogP contribution in [0.2, 0.25) is 0 Å². The molecule has 428 valence electrons. The van der Waals surface area contributed by atoms with Gasteiger partial charge in [0.25, 0.3) is 23.5 Å². The second-order valence-electron chi connectivity index (χ2n) is 20.3. The molecule has 22 nitrogen and oxygen atoms in total. The number of rotatable bonds is 17. The lowest BCUT2D eigenvalue weighted by Gasteiger charge is -2.33. The zero-order chi connectivity index (χ0) is 56.4. The Kier molecular flexibility index (Phi) is 17.9. The molecule has 4 aliphatic carbocycles. The van der Waals surface area contributed by atoms with E-state index in [0.29, 0.717) is 77.5 Å². The predicted octanol–water partition coefficient (Wildman–Crippen LogP) is 7.54. The number of hydrogen-bond donors (Lipinski definition) is 0. The first-order valence-corrected chi connectivity index (χ1v) is 32.2. The first kappa shape index (κ1) is 58.7. The van der Waals surface area contributed by atoms with E-state index in [4.69, 9.17) is 43.8 Å². The van der Waals surface area contributed by atoms with Gasteiger partial charge in [-0.3, -0.25) is 0 Å². The normalized spacial score (nSPS) is 18.8. The molecule has 0 unspecified atom stereocenters. The molecule has 4 heterocycles. The zero-order valence-corrected chi connectivity index (χ0v) is 47.4. The maximum atomic E-state index is 14.7. The summed E-state index contributed by atoms with van der Waals surface area (Å²) in [6.45, 7) is 7.09. The summed E-state index contributed by atoms with van der Waals surface area (Å²) in [5.74, 6) is -1.96. The van der Waals surface area contributed by atoms with E-state index < -0.39 is 66.5 Å². The summed E-state index contributed by atoms with van der Waals surface area (Å²) in [5, 5.41) is -1.35. The Morgan fingerprint density at radius 3 is 1.28 bits per heavy atom. The standard InChI is InChI=1S/C24H30FN3O7S.C22H26FN3O7S2.C3H5ClO2S/c1-24(2,3)35-23(29)28-11-9-15(10-12-28)33-21-20(32-4)22(27-14-26-21)34-19-8-7-17(13-18(19)25)36(30,31)16-5-6-16;1-31-20-21(32-14-8-10-26(11-9-14)35(29,30)16-4-5-16)24-13-25-22(20)33-19-7-6-17(12-18(19)23)34(27,28)15-2-3-15;4-7(5,6)3-1-2-3/h7-8,13-16H,5-6,9-12H2,1-4H3;6-7,12-16H,2-5,8-11H2,1H3;3H,1-2H2. The van der Waals surface area contributed by atoms with E-state index in [1.165, 1.54) is 55.4 Å². The number of hydrogen-bond acceptors (Lipinski definition) is 20. The van der Waals surface area contributed by atoms with Gasteiger partial charge in [-0.2, -0.15) is 19.9 Å². The molecule has 29 heteroatoms. The number of carbonyl (C=O) groups excluding carboxylic acids is 1. The maximum Gasteiger partial charge on any atom is 0.410 e. The van der Waals surface area contributed by atoms with Crippen LogP contribution in [0, 0.1) is 11.6 Å². The summed E-state index contributed by atoms with van der Waals surface area (Å²) >= 11 is 0. The van der Waals surface area contributed by atoms with Crippen molar-refractivity contribution in [1.29, 1.82) is 0 Å². The molecule has 0 bridgehead atoms. The lowest BCUT2D eigenvalue weighted by molar-refractivity contribution is 0.0120. The van der Waals surface area contributed by atoms with Crippen molar-refractivity contribution in [1.82, 2.24) is 29.1 Å². The van der Waals surface area contributed by atoms with Gasteiger partial charge in [0.1, 0.15) is 30.5 Å². The number of likely N-dealkylation sites (tertiary alicyclic amines) is 1. The summed E-state index contributed by atoms with van der Waals surface area (Å²) < 4.78 is 165. The molecule has 0 atom stereocenters. The van der Waals surface area contributed by atoms with Crippen LogP contribution in [0.1, 0.15) is 97.8 Å². The van der Waals surface area contributed by atoms with E-state index in [9.17, 15) is 47.2 Å².